The minimum atomic E-state index is -0.861. The molecule has 0 radical (unpaired) electrons. The molecule has 0 aliphatic rings. The van der Waals surface area contributed by atoms with Gasteiger partial charge in [0.1, 0.15) is 12.3 Å². The van der Waals surface area contributed by atoms with Crippen molar-refractivity contribution < 1.29 is 23.5 Å². The van der Waals surface area contributed by atoms with Crippen molar-refractivity contribution in [1.82, 2.24) is 15.0 Å². The molecular weight excluding hydrogens is 397 g/mol. The summed E-state index contributed by atoms with van der Waals surface area (Å²) in [6, 6.07) is 7.22. The van der Waals surface area contributed by atoms with E-state index in [1.807, 2.05) is 0 Å². The van der Waals surface area contributed by atoms with Crippen LogP contribution in [0.4, 0.5) is 0 Å². The Morgan fingerprint density at radius 2 is 1.93 bits per heavy atom. The van der Waals surface area contributed by atoms with Crippen LogP contribution in [0, 0.1) is 0 Å². The van der Waals surface area contributed by atoms with Crippen LogP contribution < -0.4 is 0 Å². The molecule has 0 amide bonds. The Bertz CT molecular complexity index is 1040. The van der Waals surface area contributed by atoms with E-state index in [1.54, 1.807) is 6.07 Å². The molecule has 2 heterocycles. The van der Waals surface area contributed by atoms with Crippen LogP contribution in [0.3, 0.4) is 0 Å². The van der Waals surface area contributed by atoms with Gasteiger partial charge in [0.2, 0.25) is 11.5 Å². The lowest BCUT2D eigenvalue weighted by Gasteiger charge is -2.01. The summed E-state index contributed by atoms with van der Waals surface area (Å²) >= 11 is 11.7. The van der Waals surface area contributed by atoms with Crippen LogP contribution in [0.2, 0.25) is 10.0 Å². The monoisotopic (exact) mass is 407 g/mol. The summed E-state index contributed by atoms with van der Waals surface area (Å²) in [6.45, 7) is 0.104. The maximum Gasteiger partial charge on any atom is 0.373 e. The standard InChI is InChI=1S/C17H11Cl2N3O5/c1-26-17(25)14-5-3-10(27-14)7-22-8-13(20-21-22)16(24)15(23)11-4-2-9(18)6-12(11)19/h2-6,8H,7H2,1H3. The number of nitrogens with zero attached hydrogens (tertiary/aromatic N) is 3. The molecule has 0 bridgehead atoms. The summed E-state index contributed by atoms with van der Waals surface area (Å²) in [5, 5.41) is 7.90. The normalized spacial score (nSPS) is 10.6. The third-order valence-corrected chi connectivity index (χ3v) is 4.07. The van der Waals surface area contributed by atoms with Gasteiger partial charge in [-0.2, -0.15) is 0 Å². The summed E-state index contributed by atoms with van der Waals surface area (Å²) in [4.78, 5) is 36.0. The average Bonchev–Trinajstić information content (AvgIpc) is 3.30. The lowest BCUT2D eigenvalue weighted by atomic mass is 10.1. The highest BCUT2D eigenvalue weighted by Crippen LogP contribution is 2.22. The molecule has 138 valence electrons. The number of carbonyl (C=O) groups excluding carboxylic acids is 3. The van der Waals surface area contributed by atoms with E-state index < -0.39 is 17.5 Å². The first-order valence-corrected chi connectivity index (χ1v) is 8.26. The topological polar surface area (TPSA) is 104 Å². The van der Waals surface area contributed by atoms with Gasteiger partial charge < -0.3 is 9.15 Å². The van der Waals surface area contributed by atoms with Crippen LogP contribution in [0.15, 0.2) is 40.9 Å². The Hall–Kier alpha value is -2.97. The summed E-state index contributed by atoms with van der Waals surface area (Å²) in [5.74, 6) is -1.86. The second-order valence-electron chi connectivity index (χ2n) is 5.34. The first kappa shape index (κ1) is 18.8. The molecule has 8 nitrogen and oxygen atoms in total. The molecule has 2 aromatic heterocycles. The van der Waals surface area contributed by atoms with E-state index in [9.17, 15) is 14.4 Å². The molecule has 0 atom stereocenters. The smallest absolute Gasteiger partial charge is 0.373 e. The number of rotatable bonds is 6. The fraction of sp³-hybridized carbons (Fsp3) is 0.118. The zero-order valence-corrected chi connectivity index (χ0v) is 15.3. The fourth-order valence-corrected chi connectivity index (χ4v) is 2.72. The molecule has 27 heavy (non-hydrogen) atoms. The zero-order chi connectivity index (χ0) is 19.6. The molecule has 0 N–H and O–H groups in total. The number of aromatic nitrogens is 3. The van der Waals surface area contributed by atoms with Crippen molar-refractivity contribution in [2.75, 3.05) is 7.11 Å². The Kier molecular flexibility index (Phi) is 5.38. The van der Waals surface area contributed by atoms with E-state index in [4.69, 9.17) is 27.6 Å². The summed E-state index contributed by atoms with van der Waals surface area (Å²) < 4.78 is 11.2. The number of Topliss-reactive ketones (excluding diaryl/α,β-unsaturated/α-hetero) is 2. The summed E-state index contributed by atoms with van der Waals surface area (Å²) in [6.07, 6.45) is 1.30. The van der Waals surface area contributed by atoms with Gasteiger partial charge in [-0.15, -0.1) is 5.10 Å². The molecule has 0 aliphatic carbocycles. The quantitative estimate of drug-likeness (QED) is 0.351. The first-order valence-electron chi connectivity index (χ1n) is 7.50. The van der Waals surface area contributed by atoms with E-state index in [2.05, 4.69) is 15.0 Å². The van der Waals surface area contributed by atoms with E-state index in [-0.39, 0.29) is 28.6 Å². The third kappa shape index (κ3) is 4.07. The van der Waals surface area contributed by atoms with Crippen molar-refractivity contribution in [3.05, 3.63) is 69.4 Å². The molecule has 0 saturated carbocycles. The number of ketones is 2. The lowest BCUT2D eigenvalue weighted by Crippen LogP contribution is -2.15. The fourth-order valence-electron chi connectivity index (χ4n) is 2.22. The van der Waals surface area contributed by atoms with Gasteiger partial charge in [-0.25, -0.2) is 9.48 Å². The highest BCUT2D eigenvalue weighted by Gasteiger charge is 2.24. The molecular formula is C17H11Cl2N3O5. The predicted molar refractivity (Wildman–Crippen MR) is 94.3 cm³/mol. The molecule has 0 saturated heterocycles. The molecule has 3 aromatic rings. The van der Waals surface area contributed by atoms with Crippen LogP contribution in [0.1, 0.15) is 37.2 Å². The maximum atomic E-state index is 12.3. The molecule has 0 aliphatic heterocycles. The Morgan fingerprint density at radius 3 is 2.63 bits per heavy atom. The number of hydrogen-bond donors (Lipinski definition) is 0. The predicted octanol–water partition coefficient (Wildman–Crippen LogP) is 3.08. The van der Waals surface area contributed by atoms with Crippen molar-refractivity contribution in [3.8, 4) is 0 Å². The molecule has 0 fully saturated rings. The lowest BCUT2D eigenvalue weighted by molar-refractivity contribution is 0.0562. The van der Waals surface area contributed by atoms with E-state index in [0.29, 0.717) is 10.8 Å². The molecule has 10 heteroatoms. The number of methoxy groups -OCH3 is 1. The second kappa shape index (κ2) is 7.73. The number of esters is 1. The van der Waals surface area contributed by atoms with Gasteiger partial charge in [-0.05, 0) is 30.3 Å². The molecule has 1 aromatic carbocycles. The van der Waals surface area contributed by atoms with Crippen LogP contribution >= 0.6 is 23.2 Å². The van der Waals surface area contributed by atoms with Gasteiger partial charge in [-0.3, -0.25) is 9.59 Å². The van der Waals surface area contributed by atoms with E-state index >= 15 is 0 Å². The maximum absolute atomic E-state index is 12.3. The van der Waals surface area contributed by atoms with Gasteiger partial charge in [0.15, 0.2) is 5.69 Å². The van der Waals surface area contributed by atoms with Crippen molar-refractivity contribution in [2.24, 2.45) is 0 Å². The minimum absolute atomic E-state index is 0.0226. The van der Waals surface area contributed by atoms with Crippen LogP contribution in [-0.4, -0.2) is 39.6 Å². The Morgan fingerprint density at radius 1 is 1.15 bits per heavy atom. The van der Waals surface area contributed by atoms with Crippen LogP contribution in [-0.2, 0) is 11.3 Å². The SMILES string of the molecule is COC(=O)c1ccc(Cn2cc(C(=O)C(=O)c3ccc(Cl)cc3Cl)nn2)o1. The van der Waals surface area contributed by atoms with E-state index in [0.717, 1.165) is 0 Å². The van der Waals surface area contributed by atoms with Crippen LogP contribution in [0.25, 0.3) is 0 Å². The van der Waals surface area contributed by atoms with Gasteiger partial charge in [0, 0.05) is 10.6 Å². The first-order chi connectivity index (χ1) is 12.9. The molecule has 3 rings (SSSR count). The highest BCUT2D eigenvalue weighted by molar-refractivity contribution is 6.51. The number of ether oxygens (including phenoxy) is 1. The third-order valence-electron chi connectivity index (χ3n) is 3.52. The molecule has 0 spiro atoms. The second-order valence-corrected chi connectivity index (χ2v) is 6.18. The summed E-state index contributed by atoms with van der Waals surface area (Å²) in [5.41, 5.74) is -0.125. The Balaban J connectivity index is 1.75. The Labute approximate surface area is 162 Å². The zero-order valence-electron chi connectivity index (χ0n) is 13.8. The number of furan rings is 1. The van der Waals surface area contributed by atoms with Gasteiger partial charge in [0.25, 0.3) is 5.78 Å². The molecule has 0 unspecified atom stereocenters. The number of hydrogen-bond acceptors (Lipinski definition) is 7. The van der Waals surface area contributed by atoms with Crippen molar-refractivity contribution >= 4 is 40.7 Å². The van der Waals surface area contributed by atoms with Gasteiger partial charge in [-0.1, -0.05) is 28.4 Å². The average molecular weight is 408 g/mol. The minimum Gasteiger partial charge on any atom is -0.463 e. The van der Waals surface area contributed by atoms with Crippen LogP contribution in [0.5, 0.6) is 0 Å². The summed E-state index contributed by atoms with van der Waals surface area (Å²) in [7, 11) is 1.24. The number of halogens is 2. The van der Waals surface area contributed by atoms with Crippen molar-refractivity contribution in [2.45, 2.75) is 6.54 Å². The van der Waals surface area contributed by atoms with Gasteiger partial charge in [0.05, 0.1) is 18.3 Å². The largest absolute Gasteiger partial charge is 0.463 e. The number of benzene rings is 1. The van der Waals surface area contributed by atoms with Crippen molar-refractivity contribution in [1.29, 1.82) is 0 Å². The van der Waals surface area contributed by atoms with Crippen molar-refractivity contribution in [3.63, 3.8) is 0 Å². The highest BCUT2D eigenvalue weighted by atomic mass is 35.5. The number of carbonyl (C=O) groups is 3. The van der Waals surface area contributed by atoms with E-state index in [1.165, 1.54) is 42.3 Å². The van der Waals surface area contributed by atoms with Gasteiger partial charge >= 0.3 is 5.97 Å².